The van der Waals surface area contributed by atoms with Gasteiger partial charge in [0.1, 0.15) is 40.7 Å². The predicted octanol–water partition coefficient (Wildman–Crippen LogP) is 7.97. The van der Waals surface area contributed by atoms with E-state index in [0.717, 1.165) is 50.1 Å². The van der Waals surface area contributed by atoms with E-state index >= 15 is 0 Å². The highest BCUT2D eigenvalue weighted by atomic mass is 32.1. The molecule has 1 saturated heterocycles. The molecule has 0 radical (unpaired) electrons. The number of fused-ring (bicyclic) bond motifs is 3. The third kappa shape index (κ3) is 9.80. The maximum Gasteiger partial charge on any atom is 0.315 e. The number of thiazole rings is 1. The van der Waals surface area contributed by atoms with Crippen LogP contribution in [0.2, 0.25) is 0 Å². The first kappa shape index (κ1) is 43.7. The van der Waals surface area contributed by atoms with Crippen molar-refractivity contribution in [2.75, 3.05) is 19.0 Å². The molecule has 2 aromatic heterocycles. The number of nitrogens with one attached hydrogen (secondary N) is 4. The average Bonchev–Trinajstić information content (AvgIpc) is 3.66. The van der Waals surface area contributed by atoms with Crippen LogP contribution in [0, 0.1) is 5.92 Å². The van der Waals surface area contributed by atoms with Crippen LogP contribution in [0.15, 0.2) is 72.1 Å². The van der Waals surface area contributed by atoms with Crippen molar-refractivity contribution in [1.82, 2.24) is 30.8 Å². The number of hydrogen-bond acceptors (Lipinski definition) is 10. The van der Waals surface area contributed by atoms with Crippen LogP contribution in [0.1, 0.15) is 90.0 Å². The van der Waals surface area contributed by atoms with Crippen molar-refractivity contribution in [2.24, 2.45) is 5.92 Å². The number of benzene rings is 2. The highest BCUT2D eigenvalue weighted by molar-refractivity contribution is 7.59. The molecule has 8 rings (SSSR count). The van der Waals surface area contributed by atoms with Crippen LogP contribution in [-0.2, 0) is 20.3 Å². The third-order valence-electron chi connectivity index (χ3n) is 12.5. The van der Waals surface area contributed by atoms with Gasteiger partial charge in [-0.25, -0.2) is 14.8 Å². The minimum absolute atomic E-state index is 0.0466. The van der Waals surface area contributed by atoms with Gasteiger partial charge in [-0.1, -0.05) is 68.2 Å². The molecule has 62 heavy (non-hydrogen) atoms. The zero-order valence-electron chi connectivity index (χ0n) is 35.7. The summed E-state index contributed by atoms with van der Waals surface area (Å²) in [6, 6.07) is 14.4. The molecule has 4 heterocycles. The number of amides is 4. The lowest BCUT2D eigenvalue weighted by atomic mass is 10.0. The maximum absolute atomic E-state index is 14.9. The summed E-state index contributed by atoms with van der Waals surface area (Å²) in [6.45, 7) is 4.14. The molecule has 5 N–H and O–H groups in total. The Kier molecular flexibility index (Phi) is 13.2. The van der Waals surface area contributed by atoms with Crippen LogP contribution >= 0.6 is 18.7 Å². The summed E-state index contributed by atoms with van der Waals surface area (Å²) >= 11 is 1.48. The molecule has 1 unspecified atom stereocenters. The lowest BCUT2D eigenvalue weighted by Crippen LogP contribution is -2.56. The second-order valence-corrected chi connectivity index (χ2v) is 20.9. The van der Waals surface area contributed by atoms with Gasteiger partial charge in [0, 0.05) is 47.3 Å². The molecule has 3 fully saturated rings. The number of rotatable bonds is 11. The maximum atomic E-state index is 14.9. The van der Waals surface area contributed by atoms with Crippen molar-refractivity contribution in [3.63, 3.8) is 0 Å². The summed E-state index contributed by atoms with van der Waals surface area (Å²) in [6.07, 6.45) is 11.1. The van der Waals surface area contributed by atoms with Crippen molar-refractivity contribution in [3.05, 3.63) is 77.7 Å². The predicted molar refractivity (Wildman–Crippen MR) is 242 cm³/mol. The molecule has 4 aromatic rings. The van der Waals surface area contributed by atoms with E-state index in [4.69, 9.17) is 19.4 Å². The van der Waals surface area contributed by atoms with Crippen molar-refractivity contribution in [1.29, 1.82) is 0 Å². The first-order valence-corrected chi connectivity index (χ1v) is 24.7. The number of pyridine rings is 1. The molecule has 2 aromatic carbocycles. The Morgan fingerprint density at radius 3 is 2.58 bits per heavy atom. The normalized spacial score (nSPS) is 26.0. The number of urea groups is 1. The molecule has 4 amide bonds. The van der Waals surface area contributed by atoms with Gasteiger partial charge in [-0.2, -0.15) is 0 Å². The zero-order valence-corrected chi connectivity index (χ0v) is 37.4. The Labute approximate surface area is 367 Å². The van der Waals surface area contributed by atoms with Crippen molar-refractivity contribution in [2.45, 2.75) is 126 Å². The lowest BCUT2D eigenvalue weighted by molar-refractivity contribution is -0.140. The van der Waals surface area contributed by atoms with Crippen molar-refractivity contribution >= 4 is 52.6 Å². The fourth-order valence-electron chi connectivity index (χ4n) is 9.16. The average molecular weight is 884 g/mol. The molecule has 0 spiro atoms. The monoisotopic (exact) mass is 883 g/mol. The van der Waals surface area contributed by atoms with E-state index in [1.165, 1.54) is 16.2 Å². The molecule has 16 heteroatoms. The van der Waals surface area contributed by atoms with Gasteiger partial charge in [0.15, 0.2) is 5.13 Å². The highest BCUT2D eigenvalue weighted by Crippen LogP contribution is 2.71. The molecule has 0 bridgehead atoms. The van der Waals surface area contributed by atoms with E-state index < -0.39 is 42.8 Å². The van der Waals surface area contributed by atoms with E-state index in [9.17, 15) is 23.8 Å². The van der Waals surface area contributed by atoms with Crippen LogP contribution in [0.5, 0.6) is 11.5 Å². The summed E-state index contributed by atoms with van der Waals surface area (Å²) in [5.41, 5.74) is 2.57. The fourth-order valence-corrected chi connectivity index (χ4v) is 12.4. The molecule has 14 nitrogen and oxygen atoms in total. The first-order valence-electron chi connectivity index (χ1n) is 22.0. The van der Waals surface area contributed by atoms with E-state index in [1.54, 1.807) is 7.11 Å². The Morgan fingerprint density at radius 2 is 1.81 bits per heavy atom. The van der Waals surface area contributed by atoms with Crippen molar-refractivity contribution in [3.8, 4) is 22.9 Å². The molecule has 6 atom stereocenters. The van der Waals surface area contributed by atoms with E-state index in [1.807, 2.05) is 86.0 Å². The minimum Gasteiger partial charge on any atom is -0.497 e. The van der Waals surface area contributed by atoms with Gasteiger partial charge < -0.3 is 40.5 Å². The molecule has 2 aliphatic heterocycles. The summed E-state index contributed by atoms with van der Waals surface area (Å²) < 4.78 is 26.9. The number of carbonyl (C=O) groups excluding carboxylic acids is 3. The van der Waals surface area contributed by atoms with Crippen LogP contribution in [0.4, 0.5) is 9.93 Å². The number of anilines is 1. The topological polar surface area (TPSA) is 184 Å². The minimum atomic E-state index is -4.05. The molecule has 4 aliphatic rings. The van der Waals surface area contributed by atoms with Crippen LogP contribution < -0.4 is 30.7 Å². The number of allylic oxidation sites excluding steroid dienone is 1. The van der Waals surface area contributed by atoms with Crippen LogP contribution in [0.25, 0.3) is 22.3 Å². The smallest absolute Gasteiger partial charge is 0.315 e. The highest BCUT2D eigenvalue weighted by Gasteiger charge is 2.66. The summed E-state index contributed by atoms with van der Waals surface area (Å²) in [5, 5.41) is 14.5. The van der Waals surface area contributed by atoms with Gasteiger partial charge in [-0.05, 0) is 70.1 Å². The number of methoxy groups -OCH3 is 1. The summed E-state index contributed by atoms with van der Waals surface area (Å²) in [7, 11) is -2.46. The largest absolute Gasteiger partial charge is 0.497 e. The molecule has 2 saturated carbocycles. The van der Waals surface area contributed by atoms with E-state index in [2.05, 4.69) is 21.3 Å². The third-order valence-corrected chi connectivity index (χ3v) is 16.0. The van der Waals surface area contributed by atoms with Crippen molar-refractivity contribution < 1.29 is 33.3 Å². The Bertz CT molecular complexity index is 2340. The number of ether oxygens (including phenoxy) is 2. The lowest BCUT2D eigenvalue weighted by Gasteiger charge is -2.31. The SMILES string of the molecule is COc1ccc2c(O[C@@H]3C[C@H]4C(=O)N[C@]5(P(=O)(O)Cc6ccccc6)C[C@H]5/C=C\CCCCC[C@H](NC(=O)NC5CCCC5)C(=O)N4C3)cc(-c3csc(NC(C)C)n3)nc2c1. The van der Waals surface area contributed by atoms with Gasteiger partial charge in [-0.3, -0.25) is 14.2 Å². The molecule has 330 valence electrons. The number of aromatic nitrogens is 2. The summed E-state index contributed by atoms with van der Waals surface area (Å²) in [5.74, 6) is -0.140. The Morgan fingerprint density at radius 1 is 1.02 bits per heavy atom. The van der Waals surface area contributed by atoms with Crippen LogP contribution in [0.3, 0.4) is 0 Å². The van der Waals surface area contributed by atoms with Gasteiger partial charge in [0.05, 0.1) is 31.0 Å². The summed E-state index contributed by atoms with van der Waals surface area (Å²) in [4.78, 5) is 66.3. The Hall–Kier alpha value is -4.98. The fraction of sp³-hybridized carbons (Fsp3) is 0.500. The standard InChI is InChI=1S/C46H58N7O7PS/c1-29(2)47-45-51-39(28-62-45)38-24-41(35-21-20-33(59-3)22-37(35)49-38)60-34-23-40-42(54)52-46(61(57,58)27-30-14-8-7-9-15-30)25-31(46)16-10-5-4-6-11-19-36(43(55)53(40)26-34)50-44(56)48-32-17-12-13-18-32/h7-10,14-16,20-22,24,28-29,31-32,34,36,40H,4-6,11-13,17-19,23,25-27H2,1-3H3,(H,47,51)(H,52,54)(H,57,58)(H2,48,50,56)/b16-10-/t31-,34-,36+,40+,46+/m1/s1. The van der Waals surface area contributed by atoms with E-state index in [0.29, 0.717) is 58.6 Å². The van der Waals surface area contributed by atoms with Gasteiger partial charge in [-0.15, -0.1) is 11.3 Å². The molecule has 2 aliphatic carbocycles. The number of nitrogens with zero attached hydrogens (tertiary/aromatic N) is 3. The number of hydrogen-bond donors (Lipinski definition) is 5. The second kappa shape index (κ2) is 18.8. The zero-order chi connectivity index (χ0) is 43.4. The molecular formula is C46H58N7O7PS. The second-order valence-electron chi connectivity index (χ2n) is 17.5. The number of carbonyl (C=O) groups is 3. The van der Waals surface area contributed by atoms with Gasteiger partial charge in [0.2, 0.25) is 19.2 Å². The molecular weight excluding hydrogens is 826 g/mol. The Balaban J connectivity index is 1.13. The van der Waals surface area contributed by atoms with Gasteiger partial charge in [0.25, 0.3) is 0 Å². The van der Waals surface area contributed by atoms with Crippen LogP contribution in [-0.4, -0.2) is 86.8 Å². The quantitative estimate of drug-likeness (QED) is 0.0732. The van der Waals surface area contributed by atoms with E-state index in [-0.39, 0.29) is 43.0 Å². The van der Waals surface area contributed by atoms with Gasteiger partial charge >= 0.3 is 6.03 Å². The first-order chi connectivity index (χ1) is 29.9.